The number of hydrogen-bond donors (Lipinski definition) is 0. The summed E-state index contributed by atoms with van der Waals surface area (Å²) in [6, 6.07) is 5.25. The fraction of sp³-hybridized carbons (Fsp3) is 0.647. The zero-order valence-corrected chi connectivity index (χ0v) is 12.9. The summed E-state index contributed by atoms with van der Waals surface area (Å²) < 4.78 is 27.8. The second kappa shape index (κ2) is 5.91. The summed E-state index contributed by atoms with van der Waals surface area (Å²) in [4.78, 5) is 4.65. The number of halogens is 2. The Morgan fingerprint density at radius 1 is 1.14 bits per heavy atom. The van der Waals surface area contributed by atoms with Crippen molar-refractivity contribution >= 4 is 5.69 Å². The molecule has 2 heterocycles. The summed E-state index contributed by atoms with van der Waals surface area (Å²) in [7, 11) is 0. The lowest BCUT2D eigenvalue weighted by Crippen LogP contribution is -2.61. The molecule has 2 fully saturated rings. The third-order valence-corrected chi connectivity index (χ3v) is 4.99. The highest BCUT2D eigenvalue weighted by Gasteiger charge is 2.37. The number of rotatable bonds is 2. The van der Waals surface area contributed by atoms with E-state index in [1.54, 1.807) is 12.1 Å². The van der Waals surface area contributed by atoms with Crippen LogP contribution in [-0.2, 0) is 0 Å². The van der Waals surface area contributed by atoms with Crippen molar-refractivity contribution in [3.8, 4) is 0 Å². The molecular weight excluding hydrogens is 270 g/mol. The number of nitrogens with zero attached hydrogens (tertiary/aromatic N) is 2. The third kappa shape index (κ3) is 2.78. The first kappa shape index (κ1) is 14.8. The minimum Gasteiger partial charge on any atom is -0.363 e. The van der Waals surface area contributed by atoms with E-state index in [0.717, 1.165) is 26.1 Å². The van der Waals surface area contributed by atoms with Gasteiger partial charge in [0.05, 0.1) is 5.69 Å². The van der Waals surface area contributed by atoms with Crippen LogP contribution in [0.15, 0.2) is 18.2 Å². The van der Waals surface area contributed by atoms with Gasteiger partial charge in [0, 0.05) is 25.2 Å². The molecule has 0 amide bonds. The maximum absolute atomic E-state index is 14.2. The SMILES string of the molecule is CC(C)C1CN2CCCCC2CN1c1cccc(F)c1F. The lowest BCUT2D eigenvalue weighted by Gasteiger charge is -2.50. The average Bonchev–Trinajstić information content (AvgIpc) is 2.48. The molecule has 2 saturated heterocycles. The molecule has 0 spiro atoms. The van der Waals surface area contributed by atoms with Crippen LogP contribution >= 0.6 is 0 Å². The van der Waals surface area contributed by atoms with Crippen LogP contribution in [0.1, 0.15) is 33.1 Å². The maximum atomic E-state index is 14.2. The van der Waals surface area contributed by atoms with Crippen LogP contribution in [0, 0.1) is 17.6 Å². The van der Waals surface area contributed by atoms with Crippen molar-refractivity contribution in [2.75, 3.05) is 24.5 Å². The molecule has 21 heavy (non-hydrogen) atoms. The number of piperazine rings is 1. The molecule has 0 aliphatic carbocycles. The van der Waals surface area contributed by atoms with E-state index in [2.05, 4.69) is 23.6 Å². The molecule has 0 bridgehead atoms. The number of piperidine rings is 1. The Bertz CT molecular complexity index is 504. The summed E-state index contributed by atoms with van der Waals surface area (Å²) in [6.07, 6.45) is 3.67. The molecule has 0 N–H and O–H groups in total. The Labute approximate surface area is 125 Å². The monoisotopic (exact) mass is 294 g/mol. The summed E-state index contributed by atoms with van der Waals surface area (Å²) in [5.41, 5.74) is 0.430. The predicted molar refractivity (Wildman–Crippen MR) is 81.5 cm³/mol. The van der Waals surface area contributed by atoms with Crippen LogP contribution < -0.4 is 4.90 Å². The molecule has 0 radical (unpaired) electrons. The van der Waals surface area contributed by atoms with Crippen molar-refractivity contribution in [2.45, 2.75) is 45.2 Å². The van der Waals surface area contributed by atoms with Gasteiger partial charge in [-0.2, -0.15) is 0 Å². The molecule has 2 aliphatic rings. The molecule has 1 aromatic rings. The van der Waals surface area contributed by atoms with Crippen molar-refractivity contribution in [1.82, 2.24) is 4.90 Å². The van der Waals surface area contributed by atoms with Crippen molar-refractivity contribution in [1.29, 1.82) is 0 Å². The van der Waals surface area contributed by atoms with E-state index in [9.17, 15) is 8.78 Å². The number of hydrogen-bond acceptors (Lipinski definition) is 2. The molecule has 116 valence electrons. The summed E-state index contributed by atoms with van der Waals surface area (Å²) >= 11 is 0. The van der Waals surface area contributed by atoms with Gasteiger partial charge in [-0.25, -0.2) is 8.78 Å². The average molecular weight is 294 g/mol. The Kier molecular flexibility index (Phi) is 4.16. The highest BCUT2D eigenvalue weighted by atomic mass is 19.2. The van der Waals surface area contributed by atoms with Crippen LogP contribution in [0.2, 0.25) is 0 Å². The highest BCUT2D eigenvalue weighted by Crippen LogP contribution is 2.32. The quantitative estimate of drug-likeness (QED) is 0.821. The van der Waals surface area contributed by atoms with Crippen LogP contribution in [0.5, 0.6) is 0 Å². The molecule has 3 rings (SSSR count). The lowest BCUT2D eigenvalue weighted by atomic mass is 9.91. The Morgan fingerprint density at radius 2 is 1.95 bits per heavy atom. The Balaban J connectivity index is 1.92. The number of anilines is 1. The van der Waals surface area contributed by atoms with Gasteiger partial charge < -0.3 is 4.90 Å². The summed E-state index contributed by atoms with van der Waals surface area (Å²) in [5, 5.41) is 0. The normalized spacial score (nSPS) is 27.0. The van der Waals surface area contributed by atoms with Crippen LogP contribution in [0.4, 0.5) is 14.5 Å². The first-order chi connectivity index (χ1) is 10.1. The van der Waals surface area contributed by atoms with E-state index in [1.807, 2.05) is 0 Å². The fourth-order valence-electron chi connectivity index (χ4n) is 3.77. The van der Waals surface area contributed by atoms with E-state index in [-0.39, 0.29) is 6.04 Å². The largest absolute Gasteiger partial charge is 0.363 e. The second-order valence-corrected chi connectivity index (χ2v) is 6.68. The predicted octanol–water partition coefficient (Wildman–Crippen LogP) is 3.66. The van der Waals surface area contributed by atoms with Gasteiger partial charge in [-0.3, -0.25) is 4.90 Å². The lowest BCUT2D eigenvalue weighted by molar-refractivity contribution is 0.1000. The van der Waals surface area contributed by atoms with Crippen LogP contribution in [0.25, 0.3) is 0 Å². The maximum Gasteiger partial charge on any atom is 0.182 e. The molecule has 2 aliphatic heterocycles. The van der Waals surface area contributed by atoms with Gasteiger partial charge in [-0.1, -0.05) is 26.3 Å². The molecule has 2 nitrogen and oxygen atoms in total. The van der Waals surface area contributed by atoms with Gasteiger partial charge in [0.25, 0.3) is 0 Å². The van der Waals surface area contributed by atoms with E-state index in [0.29, 0.717) is 17.6 Å². The topological polar surface area (TPSA) is 6.48 Å². The zero-order chi connectivity index (χ0) is 15.0. The second-order valence-electron chi connectivity index (χ2n) is 6.68. The van der Waals surface area contributed by atoms with Crippen molar-refractivity contribution in [3.63, 3.8) is 0 Å². The van der Waals surface area contributed by atoms with E-state index < -0.39 is 11.6 Å². The number of benzene rings is 1. The third-order valence-electron chi connectivity index (χ3n) is 4.99. The van der Waals surface area contributed by atoms with Gasteiger partial charge in [0.15, 0.2) is 11.6 Å². The smallest absolute Gasteiger partial charge is 0.182 e. The molecule has 1 aromatic carbocycles. The van der Waals surface area contributed by atoms with Crippen LogP contribution in [-0.4, -0.2) is 36.6 Å². The van der Waals surface area contributed by atoms with Crippen molar-refractivity contribution < 1.29 is 8.78 Å². The summed E-state index contributed by atoms with van der Waals surface area (Å²) in [6.45, 7) is 7.24. The number of fused-ring (bicyclic) bond motifs is 1. The van der Waals surface area contributed by atoms with E-state index in [1.165, 1.54) is 18.9 Å². The molecular formula is C17H24F2N2. The standard InChI is InChI=1S/C17H24F2N2/c1-12(2)16-11-20-9-4-3-6-13(20)10-21(16)15-8-5-7-14(18)17(15)19/h5,7-8,12-13,16H,3-4,6,9-11H2,1-2H3. The van der Waals surface area contributed by atoms with Crippen LogP contribution in [0.3, 0.4) is 0 Å². The first-order valence-electron chi connectivity index (χ1n) is 8.02. The minimum atomic E-state index is -0.749. The summed E-state index contributed by atoms with van der Waals surface area (Å²) in [5.74, 6) is -1.04. The fourth-order valence-corrected chi connectivity index (χ4v) is 3.77. The van der Waals surface area contributed by atoms with Gasteiger partial charge >= 0.3 is 0 Å². The molecule has 2 atom stereocenters. The van der Waals surface area contributed by atoms with Gasteiger partial charge in [0.2, 0.25) is 0 Å². The highest BCUT2D eigenvalue weighted by molar-refractivity contribution is 5.50. The van der Waals surface area contributed by atoms with Gasteiger partial charge in [-0.15, -0.1) is 0 Å². The Hall–Kier alpha value is -1.16. The minimum absolute atomic E-state index is 0.246. The molecule has 0 aromatic heterocycles. The molecule has 2 unspecified atom stereocenters. The van der Waals surface area contributed by atoms with E-state index >= 15 is 0 Å². The van der Waals surface area contributed by atoms with Gasteiger partial charge in [-0.05, 0) is 37.4 Å². The molecule has 0 saturated carbocycles. The first-order valence-corrected chi connectivity index (χ1v) is 8.02. The Morgan fingerprint density at radius 3 is 2.71 bits per heavy atom. The van der Waals surface area contributed by atoms with E-state index in [4.69, 9.17) is 0 Å². The van der Waals surface area contributed by atoms with Crippen molar-refractivity contribution in [2.24, 2.45) is 5.92 Å². The molecule has 4 heteroatoms. The van der Waals surface area contributed by atoms with Gasteiger partial charge in [0.1, 0.15) is 0 Å². The van der Waals surface area contributed by atoms with Crippen molar-refractivity contribution in [3.05, 3.63) is 29.8 Å². The zero-order valence-electron chi connectivity index (χ0n) is 12.9.